The number of nitro groups is 1. The summed E-state index contributed by atoms with van der Waals surface area (Å²) in [6.07, 6.45) is 0. The Balaban J connectivity index is 1.79. The Labute approximate surface area is 133 Å². The van der Waals surface area contributed by atoms with Gasteiger partial charge in [0.25, 0.3) is 5.69 Å². The first-order valence-corrected chi connectivity index (χ1v) is 6.93. The molecule has 0 radical (unpaired) electrons. The van der Waals surface area contributed by atoms with Gasteiger partial charge in [0.2, 0.25) is 5.91 Å². The first-order valence-electron chi connectivity index (χ1n) is 6.93. The largest absolute Gasteiger partial charge is 0.489 e. The fourth-order valence-electron chi connectivity index (χ4n) is 1.80. The van der Waals surface area contributed by atoms with Crippen molar-refractivity contribution in [1.29, 1.82) is 0 Å². The van der Waals surface area contributed by atoms with Crippen LogP contribution in [0, 0.1) is 10.1 Å². The molecule has 0 aliphatic heterocycles. The average Bonchev–Trinajstić information content (AvgIpc) is 2.58. The molecule has 118 valence electrons. The second kappa shape index (κ2) is 7.74. The summed E-state index contributed by atoms with van der Waals surface area (Å²) in [4.78, 5) is 22.0. The van der Waals surface area contributed by atoms with Crippen molar-refractivity contribution in [3.05, 3.63) is 82.4 Å². The molecule has 1 amide bonds. The summed E-state index contributed by atoms with van der Waals surface area (Å²) in [5.74, 6) is 0.142. The summed E-state index contributed by atoms with van der Waals surface area (Å²) in [7, 11) is 0. The highest BCUT2D eigenvalue weighted by molar-refractivity contribution is 5.93. The van der Waals surface area contributed by atoms with Crippen LogP contribution in [0.1, 0.15) is 5.56 Å². The molecule has 0 fully saturated rings. The molecule has 2 aromatic rings. The van der Waals surface area contributed by atoms with E-state index in [0.29, 0.717) is 12.3 Å². The van der Waals surface area contributed by atoms with Crippen LogP contribution >= 0.6 is 0 Å². The van der Waals surface area contributed by atoms with E-state index in [0.717, 1.165) is 5.56 Å². The third-order valence-corrected chi connectivity index (χ3v) is 3.08. The lowest BCUT2D eigenvalue weighted by Crippen LogP contribution is -2.26. The van der Waals surface area contributed by atoms with Gasteiger partial charge in [-0.05, 0) is 17.7 Å². The van der Waals surface area contributed by atoms with E-state index in [-0.39, 0.29) is 23.8 Å². The van der Waals surface area contributed by atoms with E-state index in [2.05, 4.69) is 11.9 Å². The molecular weight excluding hydrogens is 296 g/mol. The van der Waals surface area contributed by atoms with E-state index in [9.17, 15) is 14.9 Å². The lowest BCUT2D eigenvalue weighted by atomic mass is 10.2. The molecule has 23 heavy (non-hydrogen) atoms. The van der Waals surface area contributed by atoms with Crippen LogP contribution in [0.15, 0.2) is 66.7 Å². The number of nitrogens with zero attached hydrogens (tertiary/aromatic N) is 1. The van der Waals surface area contributed by atoms with Gasteiger partial charge in [-0.1, -0.05) is 36.9 Å². The fourth-order valence-corrected chi connectivity index (χ4v) is 1.80. The van der Waals surface area contributed by atoms with Crippen LogP contribution in [0.3, 0.4) is 0 Å². The van der Waals surface area contributed by atoms with Gasteiger partial charge in [-0.25, -0.2) is 0 Å². The maximum atomic E-state index is 11.9. The minimum atomic E-state index is -0.486. The molecule has 2 aromatic carbocycles. The Kier molecular flexibility index (Phi) is 5.46. The van der Waals surface area contributed by atoms with Gasteiger partial charge in [-0.3, -0.25) is 14.9 Å². The van der Waals surface area contributed by atoms with E-state index in [4.69, 9.17) is 4.74 Å². The Morgan fingerprint density at radius 3 is 2.39 bits per heavy atom. The highest BCUT2D eigenvalue weighted by atomic mass is 16.6. The van der Waals surface area contributed by atoms with Crippen LogP contribution in [-0.2, 0) is 11.3 Å². The van der Waals surface area contributed by atoms with Gasteiger partial charge in [-0.15, -0.1) is 0 Å². The maximum Gasteiger partial charge on any atom is 0.269 e. The third kappa shape index (κ3) is 4.96. The number of nitro benzene ring substituents is 1. The van der Waals surface area contributed by atoms with Crippen molar-refractivity contribution < 1.29 is 14.5 Å². The summed E-state index contributed by atoms with van der Waals surface area (Å²) >= 11 is 0. The van der Waals surface area contributed by atoms with E-state index < -0.39 is 4.92 Å². The van der Waals surface area contributed by atoms with E-state index in [1.54, 1.807) is 0 Å². The van der Waals surface area contributed by atoms with Crippen molar-refractivity contribution in [2.24, 2.45) is 0 Å². The number of hydrogen-bond acceptors (Lipinski definition) is 4. The molecule has 0 aliphatic carbocycles. The normalized spacial score (nSPS) is 9.91. The fraction of sp³-hybridized carbons (Fsp3) is 0.118. The Morgan fingerprint density at radius 2 is 1.78 bits per heavy atom. The third-order valence-electron chi connectivity index (χ3n) is 3.08. The predicted octanol–water partition coefficient (Wildman–Crippen LogP) is 2.85. The van der Waals surface area contributed by atoms with Crippen molar-refractivity contribution in [1.82, 2.24) is 5.32 Å². The molecule has 0 saturated heterocycles. The van der Waals surface area contributed by atoms with Crippen LogP contribution in [-0.4, -0.2) is 17.4 Å². The summed E-state index contributed by atoms with van der Waals surface area (Å²) in [6.45, 7) is 4.11. The van der Waals surface area contributed by atoms with Gasteiger partial charge < -0.3 is 10.1 Å². The van der Waals surface area contributed by atoms with Crippen molar-refractivity contribution in [3.8, 4) is 5.75 Å². The standard InChI is InChI=1S/C17H16N2O4/c1-13(17(20)18-11-14-5-3-2-4-6-14)12-23-16-9-7-15(8-10-16)19(21)22/h2-10H,1,11-12H2,(H,18,20). The van der Waals surface area contributed by atoms with Crippen LogP contribution in [0.2, 0.25) is 0 Å². The number of amides is 1. The van der Waals surface area contributed by atoms with Gasteiger partial charge in [0, 0.05) is 24.3 Å². The zero-order valence-corrected chi connectivity index (χ0v) is 12.4. The van der Waals surface area contributed by atoms with Crippen molar-refractivity contribution in [2.45, 2.75) is 6.54 Å². The lowest BCUT2D eigenvalue weighted by molar-refractivity contribution is -0.384. The van der Waals surface area contributed by atoms with Crippen LogP contribution in [0.25, 0.3) is 0 Å². The molecule has 0 aromatic heterocycles. The number of non-ortho nitro benzene ring substituents is 1. The number of rotatable bonds is 7. The molecular formula is C17H16N2O4. The molecule has 0 aliphatic rings. The molecule has 2 rings (SSSR count). The summed E-state index contributed by atoms with van der Waals surface area (Å²) in [5.41, 5.74) is 1.25. The molecule has 0 unspecified atom stereocenters. The summed E-state index contributed by atoms with van der Waals surface area (Å²) < 4.78 is 5.39. The van der Waals surface area contributed by atoms with Gasteiger partial charge in [0.05, 0.1) is 4.92 Å². The highest BCUT2D eigenvalue weighted by Crippen LogP contribution is 2.17. The first kappa shape index (κ1) is 16.2. The van der Waals surface area contributed by atoms with Crippen LogP contribution in [0.4, 0.5) is 5.69 Å². The summed E-state index contributed by atoms with van der Waals surface area (Å²) in [5, 5.41) is 13.3. The second-order valence-electron chi connectivity index (χ2n) is 4.81. The van der Waals surface area contributed by atoms with Crippen molar-refractivity contribution >= 4 is 11.6 Å². The molecule has 0 bridgehead atoms. The monoisotopic (exact) mass is 312 g/mol. The molecule has 1 N–H and O–H groups in total. The van der Waals surface area contributed by atoms with Crippen LogP contribution in [0.5, 0.6) is 5.75 Å². The van der Waals surface area contributed by atoms with Crippen molar-refractivity contribution in [2.75, 3.05) is 6.61 Å². The number of carbonyl (C=O) groups excluding carboxylic acids is 1. The molecule has 0 atom stereocenters. The Morgan fingerprint density at radius 1 is 1.13 bits per heavy atom. The van der Waals surface area contributed by atoms with Gasteiger partial charge in [0.1, 0.15) is 12.4 Å². The molecule has 0 spiro atoms. The number of carbonyl (C=O) groups is 1. The zero-order valence-electron chi connectivity index (χ0n) is 12.4. The van der Waals surface area contributed by atoms with E-state index >= 15 is 0 Å². The van der Waals surface area contributed by atoms with Crippen molar-refractivity contribution in [3.63, 3.8) is 0 Å². The van der Waals surface area contributed by atoms with Gasteiger partial charge >= 0.3 is 0 Å². The number of nitrogens with one attached hydrogen (secondary N) is 1. The highest BCUT2D eigenvalue weighted by Gasteiger charge is 2.09. The minimum Gasteiger partial charge on any atom is -0.489 e. The molecule has 6 nitrogen and oxygen atoms in total. The lowest BCUT2D eigenvalue weighted by Gasteiger charge is -2.09. The first-order chi connectivity index (χ1) is 11.1. The molecule has 6 heteroatoms. The smallest absolute Gasteiger partial charge is 0.269 e. The summed E-state index contributed by atoms with van der Waals surface area (Å²) in [6, 6.07) is 15.2. The Hall–Kier alpha value is -3.15. The van der Waals surface area contributed by atoms with Gasteiger partial charge in [0.15, 0.2) is 0 Å². The van der Waals surface area contributed by atoms with E-state index in [1.165, 1.54) is 24.3 Å². The average molecular weight is 312 g/mol. The van der Waals surface area contributed by atoms with E-state index in [1.807, 2.05) is 30.3 Å². The zero-order chi connectivity index (χ0) is 16.7. The Bertz CT molecular complexity index is 696. The van der Waals surface area contributed by atoms with Gasteiger partial charge in [-0.2, -0.15) is 0 Å². The molecule has 0 saturated carbocycles. The SMILES string of the molecule is C=C(COc1ccc([N+](=O)[O-])cc1)C(=O)NCc1ccccc1. The second-order valence-corrected chi connectivity index (χ2v) is 4.81. The maximum absolute atomic E-state index is 11.9. The molecule has 0 heterocycles. The minimum absolute atomic E-state index is 0.0123. The number of benzene rings is 2. The number of ether oxygens (including phenoxy) is 1. The van der Waals surface area contributed by atoms with Crippen LogP contribution < -0.4 is 10.1 Å². The number of hydrogen-bond donors (Lipinski definition) is 1. The quantitative estimate of drug-likeness (QED) is 0.484. The topological polar surface area (TPSA) is 81.5 Å². The predicted molar refractivity (Wildman–Crippen MR) is 86.0 cm³/mol.